The lowest BCUT2D eigenvalue weighted by atomic mass is 10.1. The van der Waals surface area contributed by atoms with Gasteiger partial charge in [-0.25, -0.2) is 0 Å². The highest BCUT2D eigenvalue weighted by atomic mass is 32.1. The second-order valence-corrected chi connectivity index (χ2v) is 7.45. The molecular weight excluding hydrogens is 454 g/mol. The van der Waals surface area contributed by atoms with Gasteiger partial charge in [0, 0.05) is 5.56 Å². The van der Waals surface area contributed by atoms with Gasteiger partial charge in [-0.15, -0.1) is 0 Å². The van der Waals surface area contributed by atoms with Crippen molar-refractivity contribution in [1.82, 2.24) is 20.4 Å². The van der Waals surface area contributed by atoms with Crippen LogP contribution in [0.1, 0.15) is 15.9 Å². The molecule has 0 saturated carbocycles. The van der Waals surface area contributed by atoms with Crippen molar-refractivity contribution in [2.75, 3.05) is 6.61 Å². The maximum absolute atomic E-state index is 13.0. The maximum Gasteiger partial charge on any atom is 0.276 e. The Morgan fingerprint density at radius 1 is 1.03 bits per heavy atom. The average molecular weight is 471 g/mol. The van der Waals surface area contributed by atoms with Crippen molar-refractivity contribution in [2.45, 2.75) is 0 Å². The Balaban J connectivity index is 1.46. The quantitative estimate of drug-likeness (QED) is 0.303. The van der Waals surface area contributed by atoms with Crippen LogP contribution in [0.25, 0.3) is 16.6 Å². The molecule has 3 aromatic carbocycles. The number of nitrogens with one attached hydrogen (secondary N) is 3. The molecule has 0 bridgehead atoms. The number of aromatic nitrogens is 2. The van der Waals surface area contributed by atoms with Gasteiger partial charge in [0.1, 0.15) is 11.8 Å². The molecule has 9 nitrogen and oxygen atoms in total. The van der Waals surface area contributed by atoms with E-state index in [1.807, 2.05) is 12.1 Å². The minimum atomic E-state index is -0.618. The van der Waals surface area contributed by atoms with Crippen molar-refractivity contribution in [3.63, 3.8) is 0 Å². The Hall–Kier alpha value is -4.75. The number of rotatable bonds is 5. The molecule has 4 rings (SSSR count). The Bertz CT molecular complexity index is 1550. The molecule has 34 heavy (non-hydrogen) atoms. The lowest BCUT2D eigenvalue weighted by Crippen LogP contribution is -2.43. The van der Waals surface area contributed by atoms with E-state index in [9.17, 15) is 14.4 Å². The van der Waals surface area contributed by atoms with Gasteiger partial charge in [-0.05, 0) is 54.7 Å². The van der Waals surface area contributed by atoms with E-state index in [4.69, 9.17) is 22.2 Å². The summed E-state index contributed by atoms with van der Waals surface area (Å²) in [5, 5.41) is 9.40. The Labute approximate surface area is 198 Å². The minimum Gasteiger partial charge on any atom is -0.482 e. The van der Waals surface area contributed by atoms with Crippen LogP contribution in [0.3, 0.4) is 0 Å². The highest BCUT2D eigenvalue weighted by Crippen LogP contribution is 2.16. The van der Waals surface area contributed by atoms with Gasteiger partial charge in [0.05, 0.1) is 22.2 Å². The highest BCUT2D eigenvalue weighted by molar-refractivity contribution is 7.71. The van der Waals surface area contributed by atoms with Crippen LogP contribution in [-0.4, -0.2) is 28.0 Å². The predicted octanol–water partition coefficient (Wildman–Crippen LogP) is 2.76. The van der Waals surface area contributed by atoms with Crippen LogP contribution in [0.4, 0.5) is 0 Å². The summed E-state index contributed by atoms with van der Waals surface area (Å²) in [5.74, 6) is -0.955. The molecule has 4 aromatic rings. The van der Waals surface area contributed by atoms with Gasteiger partial charge in [-0.3, -0.25) is 29.8 Å². The van der Waals surface area contributed by atoms with E-state index in [1.165, 1.54) is 22.8 Å². The number of para-hydroxylation sites is 2. The van der Waals surface area contributed by atoms with Gasteiger partial charge in [0.15, 0.2) is 11.4 Å². The zero-order valence-corrected chi connectivity index (χ0v) is 18.4. The molecule has 10 heteroatoms. The topological polar surface area (TPSA) is 129 Å². The SMILES string of the molecule is N#Cc1ccccc1OCC(=O)NNC(=O)c1ccc2c(=O)n(-c3ccccc3)c(=S)[nH]c2c1. The lowest BCUT2D eigenvalue weighted by Gasteiger charge is -2.11. The van der Waals surface area contributed by atoms with Gasteiger partial charge >= 0.3 is 0 Å². The monoisotopic (exact) mass is 471 g/mol. The summed E-state index contributed by atoms with van der Waals surface area (Å²) in [4.78, 5) is 40.5. The van der Waals surface area contributed by atoms with E-state index in [0.29, 0.717) is 22.2 Å². The molecule has 0 fully saturated rings. The Kier molecular flexibility index (Phi) is 6.47. The third-order valence-corrected chi connectivity index (χ3v) is 5.14. The zero-order chi connectivity index (χ0) is 24.1. The number of benzene rings is 3. The second-order valence-electron chi connectivity index (χ2n) is 7.07. The zero-order valence-electron chi connectivity index (χ0n) is 17.6. The molecule has 2 amide bonds. The Morgan fingerprint density at radius 3 is 2.53 bits per heavy atom. The third-order valence-electron chi connectivity index (χ3n) is 4.86. The van der Waals surface area contributed by atoms with Crippen molar-refractivity contribution in [3.05, 3.63) is 99.0 Å². The summed E-state index contributed by atoms with van der Waals surface area (Å²) in [6.45, 7) is -0.400. The molecule has 0 aliphatic heterocycles. The Morgan fingerprint density at radius 2 is 1.76 bits per heavy atom. The second kappa shape index (κ2) is 9.81. The molecular formula is C24H17N5O4S. The number of hydrazine groups is 1. The van der Waals surface area contributed by atoms with Crippen LogP contribution in [0.2, 0.25) is 0 Å². The molecule has 0 radical (unpaired) electrons. The fourth-order valence-electron chi connectivity index (χ4n) is 3.23. The number of aromatic amines is 1. The van der Waals surface area contributed by atoms with E-state index in [1.54, 1.807) is 48.5 Å². The first-order valence-corrected chi connectivity index (χ1v) is 10.4. The van der Waals surface area contributed by atoms with E-state index >= 15 is 0 Å². The number of nitrogens with zero attached hydrogens (tertiary/aromatic N) is 2. The first-order chi connectivity index (χ1) is 16.5. The number of carbonyl (C=O) groups is 2. The number of nitriles is 1. The van der Waals surface area contributed by atoms with E-state index < -0.39 is 18.4 Å². The molecule has 0 spiro atoms. The van der Waals surface area contributed by atoms with Gasteiger partial charge in [-0.2, -0.15) is 5.26 Å². The molecule has 0 atom stereocenters. The van der Waals surface area contributed by atoms with Crippen molar-refractivity contribution in [3.8, 4) is 17.5 Å². The molecule has 0 aliphatic carbocycles. The molecule has 168 valence electrons. The fourth-order valence-corrected chi connectivity index (χ4v) is 3.53. The standard InChI is InChI=1S/C24H17N5O4S/c25-13-16-6-4-5-9-20(16)33-14-21(30)27-28-22(31)15-10-11-18-19(12-15)26-24(34)29(23(18)32)17-7-2-1-3-8-17/h1-12H,14H2,(H,26,34)(H,27,30)(H,28,31). The van der Waals surface area contributed by atoms with Crippen LogP contribution in [0.15, 0.2) is 77.6 Å². The number of amides is 2. The molecule has 0 unspecified atom stereocenters. The molecule has 1 heterocycles. The summed E-state index contributed by atoms with van der Waals surface area (Å²) in [6, 6.07) is 21.9. The third kappa shape index (κ3) is 4.69. The van der Waals surface area contributed by atoms with Crippen LogP contribution in [0.5, 0.6) is 5.75 Å². The normalized spacial score (nSPS) is 10.3. The summed E-state index contributed by atoms with van der Waals surface area (Å²) < 4.78 is 6.88. The number of carbonyl (C=O) groups excluding carboxylic acids is 2. The predicted molar refractivity (Wildman–Crippen MR) is 127 cm³/mol. The van der Waals surface area contributed by atoms with Crippen molar-refractivity contribution in [2.24, 2.45) is 0 Å². The van der Waals surface area contributed by atoms with Crippen LogP contribution in [0, 0.1) is 16.1 Å². The van der Waals surface area contributed by atoms with Gasteiger partial charge in [0.2, 0.25) is 0 Å². The molecule has 0 aliphatic rings. The summed E-state index contributed by atoms with van der Waals surface area (Å²) >= 11 is 5.35. The van der Waals surface area contributed by atoms with E-state index in [-0.39, 0.29) is 21.6 Å². The number of ether oxygens (including phenoxy) is 1. The summed E-state index contributed by atoms with van der Waals surface area (Å²) in [6.07, 6.45) is 0. The van der Waals surface area contributed by atoms with E-state index in [2.05, 4.69) is 15.8 Å². The molecule has 1 aromatic heterocycles. The van der Waals surface area contributed by atoms with Crippen LogP contribution in [-0.2, 0) is 4.79 Å². The number of H-pyrrole nitrogens is 1. The van der Waals surface area contributed by atoms with Crippen LogP contribution >= 0.6 is 12.2 Å². The van der Waals surface area contributed by atoms with Crippen LogP contribution < -0.4 is 21.1 Å². The number of hydrogen-bond donors (Lipinski definition) is 3. The van der Waals surface area contributed by atoms with Crippen molar-refractivity contribution < 1.29 is 14.3 Å². The first kappa shape index (κ1) is 22.4. The first-order valence-electron chi connectivity index (χ1n) is 10.0. The molecule has 0 saturated heterocycles. The highest BCUT2D eigenvalue weighted by Gasteiger charge is 2.13. The van der Waals surface area contributed by atoms with Gasteiger partial charge in [0.25, 0.3) is 17.4 Å². The van der Waals surface area contributed by atoms with Gasteiger partial charge in [-0.1, -0.05) is 30.3 Å². The number of hydrogen-bond acceptors (Lipinski definition) is 6. The van der Waals surface area contributed by atoms with E-state index in [0.717, 1.165) is 0 Å². The smallest absolute Gasteiger partial charge is 0.276 e. The van der Waals surface area contributed by atoms with Gasteiger partial charge < -0.3 is 9.72 Å². The molecule has 3 N–H and O–H groups in total. The van der Waals surface area contributed by atoms with Crippen molar-refractivity contribution in [1.29, 1.82) is 5.26 Å². The maximum atomic E-state index is 13.0. The summed E-state index contributed by atoms with van der Waals surface area (Å²) in [5.41, 5.74) is 5.72. The van der Waals surface area contributed by atoms with Crippen molar-refractivity contribution >= 4 is 34.9 Å². The lowest BCUT2D eigenvalue weighted by molar-refractivity contribution is -0.123. The fraction of sp³-hybridized carbons (Fsp3) is 0.0417. The largest absolute Gasteiger partial charge is 0.482 e. The summed E-state index contributed by atoms with van der Waals surface area (Å²) in [7, 11) is 0. The number of fused-ring (bicyclic) bond motifs is 1. The average Bonchev–Trinajstić information content (AvgIpc) is 2.86. The minimum absolute atomic E-state index is 0.185.